The molecule has 0 bridgehead atoms. The molecule has 0 radical (unpaired) electrons. The van der Waals surface area contributed by atoms with Crippen LogP contribution < -0.4 is 10.2 Å². The molecule has 3 atom stereocenters. The van der Waals surface area contributed by atoms with Gasteiger partial charge in [-0.05, 0) is 57.4 Å². The lowest BCUT2D eigenvalue weighted by Gasteiger charge is -2.35. The van der Waals surface area contributed by atoms with E-state index < -0.39 is 0 Å². The smallest absolute Gasteiger partial charge is 0.225 e. The van der Waals surface area contributed by atoms with E-state index in [-0.39, 0.29) is 12.0 Å². The van der Waals surface area contributed by atoms with Crippen LogP contribution in [0.1, 0.15) is 43.5 Å². The molecular formula is C22H34N4O3. The van der Waals surface area contributed by atoms with Crippen LogP contribution in [0.4, 0.5) is 5.95 Å². The van der Waals surface area contributed by atoms with Gasteiger partial charge in [0.25, 0.3) is 0 Å². The molecule has 0 saturated carbocycles. The van der Waals surface area contributed by atoms with Crippen molar-refractivity contribution < 1.29 is 14.3 Å². The molecule has 4 rings (SSSR count). The zero-order valence-corrected chi connectivity index (χ0v) is 17.7. The number of aromatic nitrogens is 2. The first-order valence-corrected chi connectivity index (χ1v) is 11.1. The minimum absolute atomic E-state index is 0.0467. The van der Waals surface area contributed by atoms with E-state index >= 15 is 0 Å². The number of aryl methyl sites for hydroxylation is 2. The number of carbonyl (C=O) groups excluding carboxylic acids is 1. The number of fused-ring (bicyclic) bond motifs is 1. The average Bonchev–Trinajstić information content (AvgIpc) is 3.10. The van der Waals surface area contributed by atoms with Gasteiger partial charge in [0.05, 0.1) is 19.1 Å². The van der Waals surface area contributed by atoms with Crippen molar-refractivity contribution in [2.75, 3.05) is 44.4 Å². The van der Waals surface area contributed by atoms with Gasteiger partial charge in [-0.2, -0.15) is 0 Å². The summed E-state index contributed by atoms with van der Waals surface area (Å²) in [6, 6.07) is 2.01. The van der Waals surface area contributed by atoms with Crippen LogP contribution in [-0.4, -0.2) is 61.4 Å². The zero-order chi connectivity index (χ0) is 20.2. The highest BCUT2D eigenvalue weighted by Gasteiger charge is 2.42. The molecule has 3 fully saturated rings. The minimum atomic E-state index is 0.0467. The maximum Gasteiger partial charge on any atom is 0.225 e. The Balaban J connectivity index is 1.23. The summed E-state index contributed by atoms with van der Waals surface area (Å²) in [7, 11) is 0. The molecule has 4 heterocycles. The quantitative estimate of drug-likeness (QED) is 0.787. The summed E-state index contributed by atoms with van der Waals surface area (Å²) in [6.45, 7) is 9.09. The molecule has 3 aliphatic rings. The number of hydrogen-bond acceptors (Lipinski definition) is 6. The van der Waals surface area contributed by atoms with Crippen molar-refractivity contribution >= 4 is 11.9 Å². The molecule has 1 aromatic rings. The Kier molecular flexibility index (Phi) is 6.65. The van der Waals surface area contributed by atoms with Crippen molar-refractivity contribution in [1.82, 2.24) is 15.3 Å². The Morgan fingerprint density at radius 1 is 1.21 bits per heavy atom. The third-order valence-corrected chi connectivity index (χ3v) is 6.65. The maximum absolute atomic E-state index is 12.4. The number of nitrogens with one attached hydrogen (secondary N) is 1. The lowest BCUT2D eigenvalue weighted by atomic mass is 9.83. The van der Waals surface area contributed by atoms with E-state index in [1.807, 2.05) is 19.9 Å². The highest BCUT2D eigenvalue weighted by molar-refractivity contribution is 5.76. The van der Waals surface area contributed by atoms with E-state index in [1.165, 1.54) is 0 Å². The SMILES string of the molecule is Cc1cc(C)nc(N2CC[C@@H]3[C@@H](CO[C@H]3CC(=O)NCCC3CCOCC3)C2)n1. The van der Waals surface area contributed by atoms with Crippen molar-refractivity contribution in [3.05, 3.63) is 17.5 Å². The number of hydrogen-bond donors (Lipinski definition) is 1. The second-order valence-electron chi connectivity index (χ2n) is 8.88. The van der Waals surface area contributed by atoms with Gasteiger partial charge in [0.1, 0.15) is 0 Å². The van der Waals surface area contributed by atoms with Crippen molar-refractivity contribution in [2.24, 2.45) is 17.8 Å². The predicted octanol–water partition coefficient (Wildman–Crippen LogP) is 2.26. The number of amides is 1. The molecule has 1 amide bonds. The molecule has 1 N–H and O–H groups in total. The highest BCUT2D eigenvalue weighted by Crippen LogP contribution is 2.36. The van der Waals surface area contributed by atoms with E-state index in [9.17, 15) is 4.79 Å². The van der Waals surface area contributed by atoms with Crippen LogP contribution >= 0.6 is 0 Å². The zero-order valence-electron chi connectivity index (χ0n) is 17.7. The molecule has 160 valence electrons. The Bertz CT molecular complexity index is 687. The predicted molar refractivity (Wildman–Crippen MR) is 111 cm³/mol. The van der Waals surface area contributed by atoms with Crippen molar-refractivity contribution in [1.29, 1.82) is 0 Å². The third kappa shape index (κ3) is 5.25. The number of carbonyl (C=O) groups is 1. The lowest BCUT2D eigenvalue weighted by Crippen LogP contribution is -2.43. The van der Waals surface area contributed by atoms with Gasteiger partial charge in [-0.15, -0.1) is 0 Å². The summed E-state index contributed by atoms with van der Waals surface area (Å²) in [4.78, 5) is 23.9. The summed E-state index contributed by atoms with van der Waals surface area (Å²) in [6.07, 6.45) is 4.84. The summed E-state index contributed by atoms with van der Waals surface area (Å²) >= 11 is 0. The van der Waals surface area contributed by atoms with Crippen molar-refractivity contribution in [3.63, 3.8) is 0 Å². The first-order valence-electron chi connectivity index (χ1n) is 11.1. The normalized spacial score (nSPS) is 27.7. The highest BCUT2D eigenvalue weighted by atomic mass is 16.5. The Morgan fingerprint density at radius 3 is 2.72 bits per heavy atom. The van der Waals surface area contributed by atoms with Crippen LogP contribution in [0.25, 0.3) is 0 Å². The van der Waals surface area contributed by atoms with E-state index in [0.717, 1.165) is 82.5 Å². The molecule has 1 aromatic heterocycles. The van der Waals surface area contributed by atoms with Gasteiger partial charge < -0.3 is 19.7 Å². The maximum atomic E-state index is 12.4. The fourth-order valence-electron chi connectivity index (χ4n) is 5.03. The van der Waals surface area contributed by atoms with Crippen molar-refractivity contribution in [2.45, 2.75) is 52.1 Å². The lowest BCUT2D eigenvalue weighted by molar-refractivity contribution is -0.123. The molecule has 0 spiro atoms. The Labute approximate surface area is 173 Å². The van der Waals surface area contributed by atoms with Gasteiger partial charge in [0.2, 0.25) is 11.9 Å². The number of piperidine rings is 1. The van der Waals surface area contributed by atoms with E-state index in [2.05, 4.69) is 20.2 Å². The minimum Gasteiger partial charge on any atom is -0.381 e. The first-order chi connectivity index (χ1) is 14.1. The molecule has 0 aliphatic carbocycles. The number of nitrogens with zero attached hydrogens (tertiary/aromatic N) is 3. The van der Waals surface area contributed by atoms with Crippen molar-refractivity contribution in [3.8, 4) is 0 Å². The second kappa shape index (κ2) is 9.39. The molecule has 3 saturated heterocycles. The van der Waals surface area contributed by atoms with Crippen LogP contribution in [0.3, 0.4) is 0 Å². The van der Waals surface area contributed by atoms with Gasteiger partial charge in [0.15, 0.2) is 0 Å². The fraction of sp³-hybridized carbons (Fsp3) is 0.773. The van der Waals surface area contributed by atoms with Gasteiger partial charge in [0, 0.05) is 50.2 Å². The fourth-order valence-corrected chi connectivity index (χ4v) is 5.03. The van der Waals surface area contributed by atoms with Crippen LogP contribution in [0.5, 0.6) is 0 Å². The first kappa shape index (κ1) is 20.5. The monoisotopic (exact) mass is 402 g/mol. The summed E-state index contributed by atoms with van der Waals surface area (Å²) in [5.74, 6) is 2.55. The molecule has 0 unspecified atom stereocenters. The topological polar surface area (TPSA) is 76.6 Å². The number of rotatable bonds is 6. The van der Waals surface area contributed by atoms with E-state index in [1.54, 1.807) is 0 Å². The molecule has 0 aromatic carbocycles. The number of anilines is 1. The summed E-state index contributed by atoms with van der Waals surface area (Å²) < 4.78 is 11.5. The average molecular weight is 403 g/mol. The van der Waals surface area contributed by atoms with Crippen LogP contribution in [0.15, 0.2) is 6.07 Å². The van der Waals surface area contributed by atoms with E-state index in [0.29, 0.717) is 24.2 Å². The number of ether oxygens (including phenoxy) is 2. The van der Waals surface area contributed by atoms with Gasteiger partial charge in [-0.3, -0.25) is 4.79 Å². The Morgan fingerprint density at radius 2 is 1.97 bits per heavy atom. The molecule has 3 aliphatic heterocycles. The van der Waals surface area contributed by atoms with Crippen LogP contribution in [-0.2, 0) is 14.3 Å². The standard InChI is InChI=1S/C22H34N4O3/c1-15-11-16(2)25-22(24-15)26-8-4-19-18(13-26)14-29-20(19)12-21(27)23-7-3-17-5-9-28-10-6-17/h11,17-20H,3-10,12-14H2,1-2H3,(H,23,27)/t18-,19-,20+/m1/s1. The summed E-state index contributed by atoms with van der Waals surface area (Å²) in [5.41, 5.74) is 2.01. The van der Waals surface area contributed by atoms with E-state index in [4.69, 9.17) is 9.47 Å². The molecule has 7 heteroatoms. The molecular weight excluding hydrogens is 368 g/mol. The second-order valence-corrected chi connectivity index (χ2v) is 8.88. The molecule has 29 heavy (non-hydrogen) atoms. The third-order valence-electron chi connectivity index (χ3n) is 6.65. The van der Waals surface area contributed by atoms with Gasteiger partial charge in [-0.25, -0.2) is 9.97 Å². The van der Waals surface area contributed by atoms with Gasteiger partial charge in [-0.1, -0.05) is 0 Å². The van der Waals surface area contributed by atoms with Gasteiger partial charge >= 0.3 is 0 Å². The molecule has 7 nitrogen and oxygen atoms in total. The summed E-state index contributed by atoms with van der Waals surface area (Å²) in [5, 5.41) is 3.11. The largest absolute Gasteiger partial charge is 0.381 e. The van der Waals surface area contributed by atoms with Crippen LogP contribution in [0, 0.1) is 31.6 Å². The Hall–Kier alpha value is -1.73. The van der Waals surface area contributed by atoms with Crippen LogP contribution in [0.2, 0.25) is 0 Å².